The fourth-order valence-corrected chi connectivity index (χ4v) is 3.63. The van der Waals surface area contributed by atoms with Gasteiger partial charge in [0.15, 0.2) is 0 Å². The molecule has 1 aliphatic carbocycles. The number of amides is 1. The molecule has 2 atom stereocenters. The highest BCUT2D eigenvalue weighted by molar-refractivity contribution is 5.78. The summed E-state index contributed by atoms with van der Waals surface area (Å²) < 4.78 is 0. The molecule has 0 saturated heterocycles. The molecule has 1 amide bonds. The Labute approximate surface area is 149 Å². The van der Waals surface area contributed by atoms with Gasteiger partial charge in [-0.2, -0.15) is 0 Å². The molecule has 2 N–H and O–H groups in total. The van der Waals surface area contributed by atoms with Crippen molar-refractivity contribution in [1.29, 1.82) is 0 Å². The van der Waals surface area contributed by atoms with Crippen LogP contribution >= 0.6 is 0 Å². The van der Waals surface area contributed by atoms with Crippen LogP contribution in [0.15, 0.2) is 54.6 Å². The van der Waals surface area contributed by atoms with E-state index in [-0.39, 0.29) is 25.1 Å². The number of likely N-dealkylation sites (N-methyl/N-ethyl adjacent to an activating group) is 1. The lowest BCUT2D eigenvalue weighted by molar-refractivity contribution is -0.131. The van der Waals surface area contributed by atoms with E-state index in [1.807, 2.05) is 62.5 Å². The van der Waals surface area contributed by atoms with E-state index in [4.69, 9.17) is 0 Å². The highest BCUT2D eigenvalue weighted by Gasteiger charge is 2.38. The van der Waals surface area contributed by atoms with Crippen LogP contribution in [0, 0.1) is 0 Å². The topological polar surface area (TPSA) is 52.6 Å². The van der Waals surface area contributed by atoms with Crippen LogP contribution in [-0.2, 0) is 16.8 Å². The standard InChI is InChI=1S/C21H26N2O2/c1-16(17-8-4-3-5-9-17)23(2)20(25)14-22-21(15-24)13-12-18-10-6-7-11-19(18)21/h3-11,16,22,24H,12-15H2,1-2H3. The molecule has 0 aromatic heterocycles. The lowest BCUT2D eigenvalue weighted by atomic mass is 9.92. The minimum Gasteiger partial charge on any atom is -0.394 e. The van der Waals surface area contributed by atoms with Crippen molar-refractivity contribution in [2.24, 2.45) is 0 Å². The van der Waals surface area contributed by atoms with Crippen LogP contribution in [0.3, 0.4) is 0 Å². The molecular formula is C21H26N2O2. The molecule has 4 nitrogen and oxygen atoms in total. The quantitative estimate of drug-likeness (QED) is 0.851. The fourth-order valence-electron chi connectivity index (χ4n) is 3.63. The first-order chi connectivity index (χ1) is 12.1. The number of aliphatic hydroxyl groups excluding tert-OH is 1. The second-order valence-electron chi connectivity index (χ2n) is 6.84. The smallest absolute Gasteiger partial charge is 0.236 e. The summed E-state index contributed by atoms with van der Waals surface area (Å²) in [6.45, 7) is 2.23. The van der Waals surface area contributed by atoms with Gasteiger partial charge in [-0.3, -0.25) is 10.1 Å². The van der Waals surface area contributed by atoms with E-state index in [0.717, 1.165) is 24.0 Å². The molecule has 0 radical (unpaired) electrons. The molecule has 4 heteroatoms. The number of carbonyl (C=O) groups is 1. The minimum absolute atomic E-state index is 0.00472. The van der Waals surface area contributed by atoms with Crippen LogP contribution in [0.2, 0.25) is 0 Å². The summed E-state index contributed by atoms with van der Waals surface area (Å²) in [5, 5.41) is 13.4. The van der Waals surface area contributed by atoms with Gasteiger partial charge in [0.05, 0.1) is 24.7 Å². The summed E-state index contributed by atoms with van der Waals surface area (Å²) in [7, 11) is 1.83. The fraction of sp³-hybridized carbons (Fsp3) is 0.381. The Balaban J connectivity index is 1.67. The average Bonchev–Trinajstić information content (AvgIpc) is 3.05. The van der Waals surface area contributed by atoms with Gasteiger partial charge in [-0.1, -0.05) is 54.6 Å². The van der Waals surface area contributed by atoms with Gasteiger partial charge < -0.3 is 10.0 Å². The largest absolute Gasteiger partial charge is 0.394 e. The SMILES string of the molecule is CC(c1ccccc1)N(C)C(=O)CNC1(CO)CCc2ccccc21. The van der Waals surface area contributed by atoms with Crippen LogP contribution in [0.5, 0.6) is 0 Å². The molecule has 25 heavy (non-hydrogen) atoms. The summed E-state index contributed by atoms with van der Waals surface area (Å²) in [6, 6.07) is 18.2. The lowest BCUT2D eigenvalue weighted by Gasteiger charge is -2.32. The molecule has 0 heterocycles. The highest BCUT2D eigenvalue weighted by atomic mass is 16.3. The summed E-state index contributed by atoms with van der Waals surface area (Å²) in [6.07, 6.45) is 1.74. The molecule has 0 aliphatic heterocycles. The minimum atomic E-state index is -0.511. The van der Waals surface area contributed by atoms with E-state index in [0.29, 0.717) is 0 Å². The third-order valence-electron chi connectivity index (χ3n) is 5.46. The maximum Gasteiger partial charge on any atom is 0.236 e. The number of benzene rings is 2. The van der Waals surface area contributed by atoms with Gasteiger partial charge in [-0.25, -0.2) is 0 Å². The first-order valence-corrected chi connectivity index (χ1v) is 8.82. The number of carbonyl (C=O) groups excluding carboxylic acids is 1. The normalized spacial score (nSPS) is 20.1. The molecule has 2 aromatic carbocycles. The summed E-state index contributed by atoms with van der Waals surface area (Å²) in [5.41, 5.74) is 2.97. The zero-order valence-electron chi connectivity index (χ0n) is 14.9. The lowest BCUT2D eigenvalue weighted by Crippen LogP contribution is -2.48. The molecule has 3 rings (SSSR count). The van der Waals surface area contributed by atoms with Crippen LogP contribution in [0.25, 0.3) is 0 Å². The first-order valence-electron chi connectivity index (χ1n) is 8.82. The predicted molar refractivity (Wildman–Crippen MR) is 99.2 cm³/mol. The molecule has 0 saturated carbocycles. The van der Waals surface area contributed by atoms with Gasteiger partial charge in [0.1, 0.15) is 0 Å². The Kier molecular flexibility index (Phi) is 5.21. The average molecular weight is 338 g/mol. The Morgan fingerprint density at radius 3 is 2.60 bits per heavy atom. The second kappa shape index (κ2) is 7.38. The van der Waals surface area contributed by atoms with Crippen molar-refractivity contribution in [1.82, 2.24) is 10.2 Å². The van der Waals surface area contributed by atoms with Crippen LogP contribution in [-0.4, -0.2) is 36.1 Å². The number of nitrogens with one attached hydrogen (secondary N) is 1. The monoisotopic (exact) mass is 338 g/mol. The number of aliphatic hydroxyl groups is 1. The van der Waals surface area contributed by atoms with E-state index in [9.17, 15) is 9.90 Å². The Hall–Kier alpha value is -2.17. The number of hydrogen-bond acceptors (Lipinski definition) is 3. The van der Waals surface area contributed by atoms with Crippen LogP contribution in [0.4, 0.5) is 0 Å². The van der Waals surface area contributed by atoms with Crippen molar-refractivity contribution >= 4 is 5.91 Å². The van der Waals surface area contributed by atoms with Gasteiger partial charge in [-0.15, -0.1) is 0 Å². The predicted octanol–water partition coefficient (Wildman–Crippen LogP) is 2.63. The summed E-state index contributed by atoms with van der Waals surface area (Å²) >= 11 is 0. The van der Waals surface area contributed by atoms with Gasteiger partial charge in [0, 0.05) is 7.05 Å². The number of rotatable bonds is 6. The van der Waals surface area contributed by atoms with Crippen molar-refractivity contribution in [2.75, 3.05) is 20.2 Å². The van der Waals surface area contributed by atoms with E-state index in [2.05, 4.69) is 11.4 Å². The molecule has 2 aromatic rings. The van der Waals surface area contributed by atoms with Crippen molar-refractivity contribution in [2.45, 2.75) is 31.3 Å². The van der Waals surface area contributed by atoms with Crippen molar-refractivity contribution in [3.63, 3.8) is 0 Å². The van der Waals surface area contributed by atoms with Crippen molar-refractivity contribution < 1.29 is 9.90 Å². The Morgan fingerprint density at radius 1 is 1.20 bits per heavy atom. The Bertz CT molecular complexity index is 732. The first kappa shape index (κ1) is 17.6. The third-order valence-corrected chi connectivity index (χ3v) is 5.46. The molecule has 1 aliphatic rings. The molecule has 0 bridgehead atoms. The number of fused-ring (bicyclic) bond motifs is 1. The highest BCUT2D eigenvalue weighted by Crippen LogP contribution is 2.36. The number of nitrogens with zero attached hydrogens (tertiary/aromatic N) is 1. The molecule has 132 valence electrons. The van der Waals surface area contributed by atoms with E-state index in [1.54, 1.807) is 4.90 Å². The zero-order valence-corrected chi connectivity index (χ0v) is 14.9. The summed E-state index contributed by atoms with van der Waals surface area (Å²) in [5.74, 6) is 0.0218. The van der Waals surface area contributed by atoms with Crippen LogP contribution < -0.4 is 5.32 Å². The Morgan fingerprint density at radius 2 is 1.88 bits per heavy atom. The maximum absolute atomic E-state index is 12.7. The maximum atomic E-state index is 12.7. The van der Waals surface area contributed by atoms with E-state index >= 15 is 0 Å². The third kappa shape index (κ3) is 3.46. The molecule has 0 fully saturated rings. The van der Waals surface area contributed by atoms with Crippen molar-refractivity contribution in [3.8, 4) is 0 Å². The number of aryl methyl sites for hydroxylation is 1. The van der Waals surface area contributed by atoms with Gasteiger partial charge in [-0.05, 0) is 36.5 Å². The van der Waals surface area contributed by atoms with E-state index < -0.39 is 5.54 Å². The number of hydrogen-bond donors (Lipinski definition) is 2. The van der Waals surface area contributed by atoms with Gasteiger partial charge >= 0.3 is 0 Å². The van der Waals surface area contributed by atoms with E-state index in [1.165, 1.54) is 5.56 Å². The van der Waals surface area contributed by atoms with Gasteiger partial charge in [0.25, 0.3) is 0 Å². The molecular weight excluding hydrogens is 312 g/mol. The molecule has 2 unspecified atom stereocenters. The molecule has 0 spiro atoms. The second-order valence-corrected chi connectivity index (χ2v) is 6.84. The van der Waals surface area contributed by atoms with Gasteiger partial charge in [0.2, 0.25) is 5.91 Å². The van der Waals surface area contributed by atoms with Crippen molar-refractivity contribution in [3.05, 3.63) is 71.3 Å². The van der Waals surface area contributed by atoms with Crippen LogP contribution in [0.1, 0.15) is 36.1 Å². The summed E-state index contributed by atoms with van der Waals surface area (Å²) in [4.78, 5) is 14.4. The zero-order chi connectivity index (χ0) is 17.9.